The summed E-state index contributed by atoms with van der Waals surface area (Å²) >= 11 is 0. The molecule has 37 heavy (non-hydrogen) atoms. The van der Waals surface area contributed by atoms with Gasteiger partial charge in [-0.3, -0.25) is 9.36 Å². The molecule has 1 fully saturated rings. The van der Waals surface area contributed by atoms with E-state index in [2.05, 4.69) is 4.98 Å². The topological polar surface area (TPSA) is 115 Å². The standard InChI is InChI=1S/C26H27F2N3O6/c1-17(32)36-21-22(35-14-19-10-6-3-7-11-19)26(15-27,16-34-13-18-8-4-2-5-9-18)37-24(21)31-12-20(28)23(29)30-25(31)33/h2-12,21-22,24H,13-16H2,1H3,(H2,29,30,33). The number of nitrogen functional groups attached to an aromatic ring is 1. The van der Waals surface area contributed by atoms with Crippen molar-refractivity contribution in [2.45, 2.75) is 44.2 Å². The summed E-state index contributed by atoms with van der Waals surface area (Å²) in [5.41, 5.74) is 4.25. The summed E-state index contributed by atoms with van der Waals surface area (Å²) in [5, 5.41) is 0. The summed E-state index contributed by atoms with van der Waals surface area (Å²) in [6, 6.07) is 18.3. The first-order valence-electron chi connectivity index (χ1n) is 11.6. The minimum atomic E-state index is -1.80. The van der Waals surface area contributed by atoms with Crippen LogP contribution < -0.4 is 11.4 Å². The van der Waals surface area contributed by atoms with Gasteiger partial charge in [-0.1, -0.05) is 60.7 Å². The number of nitrogens with two attached hydrogens (primary N) is 1. The monoisotopic (exact) mass is 515 g/mol. The van der Waals surface area contributed by atoms with Crippen LogP contribution in [0.1, 0.15) is 24.3 Å². The molecule has 2 heterocycles. The number of hydrogen-bond donors (Lipinski definition) is 1. The first-order chi connectivity index (χ1) is 17.8. The molecule has 4 unspecified atom stereocenters. The van der Waals surface area contributed by atoms with Crippen molar-refractivity contribution in [3.63, 3.8) is 0 Å². The molecule has 0 aliphatic carbocycles. The zero-order valence-corrected chi connectivity index (χ0v) is 20.1. The summed E-state index contributed by atoms with van der Waals surface area (Å²) in [5.74, 6) is -2.34. The van der Waals surface area contributed by atoms with Gasteiger partial charge in [0.2, 0.25) is 0 Å². The summed E-state index contributed by atoms with van der Waals surface area (Å²) in [4.78, 5) is 28.1. The Hall–Kier alpha value is -3.67. The third-order valence-electron chi connectivity index (χ3n) is 5.92. The second-order valence-corrected chi connectivity index (χ2v) is 8.64. The molecule has 0 bridgehead atoms. The average molecular weight is 516 g/mol. The van der Waals surface area contributed by atoms with Gasteiger partial charge in [-0.05, 0) is 11.1 Å². The third kappa shape index (κ3) is 6.01. The highest BCUT2D eigenvalue weighted by molar-refractivity contribution is 5.66. The summed E-state index contributed by atoms with van der Waals surface area (Å²) in [7, 11) is 0. The van der Waals surface area contributed by atoms with Crippen LogP contribution in [0.4, 0.5) is 14.6 Å². The lowest BCUT2D eigenvalue weighted by atomic mass is 9.96. The average Bonchev–Trinajstić information content (AvgIpc) is 3.18. The van der Waals surface area contributed by atoms with Gasteiger partial charge >= 0.3 is 11.7 Å². The number of halogens is 2. The van der Waals surface area contributed by atoms with Crippen LogP contribution in [0.15, 0.2) is 71.7 Å². The Kier molecular flexibility index (Phi) is 8.27. The number of esters is 1. The van der Waals surface area contributed by atoms with Gasteiger partial charge in [-0.15, -0.1) is 0 Å². The van der Waals surface area contributed by atoms with Crippen molar-refractivity contribution in [1.29, 1.82) is 0 Å². The second kappa shape index (κ2) is 11.6. The molecule has 11 heteroatoms. The highest BCUT2D eigenvalue weighted by Crippen LogP contribution is 2.42. The van der Waals surface area contributed by atoms with Crippen LogP contribution in [0, 0.1) is 5.82 Å². The number of ether oxygens (including phenoxy) is 4. The lowest BCUT2D eigenvalue weighted by molar-refractivity contribution is -0.166. The highest BCUT2D eigenvalue weighted by atomic mass is 19.1. The maximum atomic E-state index is 14.9. The number of carbonyl (C=O) groups is 1. The fourth-order valence-electron chi connectivity index (χ4n) is 4.18. The molecule has 1 aliphatic rings. The zero-order chi connectivity index (χ0) is 26.4. The summed E-state index contributed by atoms with van der Waals surface area (Å²) in [6.45, 7) is -0.126. The van der Waals surface area contributed by atoms with Gasteiger partial charge in [0.25, 0.3) is 0 Å². The van der Waals surface area contributed by atoms with E-state index in [-0.39, 0.29) is 19.8 Å². The van der Waals surface area contributed by atoms with E-state index in [4.69, 9.17) is 24.7 Å². The van der Waals surface area contributed by atoms with Crippen molar-refractivity contribution in [3.05, 3.63) is 94.3 Å². The van der Waals surface area contributed by atoms with Crippen LogP contribution in [0.5, 0.6) is 0 Å². The molecular weight excluding hydrogens is 488 g/mol. The maximum absolute atomic E-state index is 14.9. The molecule has 9 nitrogen and oxygen atoms in total. The molecule has 2 N–H and O–H groups in total. The van der Waals surface area contributed by atoms with E-state index in [0.29, 0.717) is 0 Å². The number of alkyl halides is 1. The van der Waals surface area contributed by atoms with Crippen LogP contribution in [-0.2, 0) is 37.0 Å². The van der Waals surface area contributed by atoms with Crippen LogP contribution in [-0.4, -0.2) is 46.6 Å². The van der Waals surface area contributed by atoms with E-state index in [1.165, 1.54) is 0 Å². The summed E-state index contributed by atoms with van der Waals surface area (Å²) < 4.78 is 53.3. The third-order valence-corrected chi connectivity index (χ3v) is 5.92. The Balaban J connectivity index is 1.69. The SMILES string of the molecule is CC(=O)OC1C(n2cc(F)c(N)nc2=O)OC(CF)(COCc2ccccc2)C1OCc1ccccc1. The number of carbonyl (C=O) groups excluding carboxylic acids is 1. The van der Waals surface area contributed by atoms with Crippen molar-refractivity contribution in [1.82, 2.24) is 9.55 Å². The van der Waals surface area contributed by atoms with Crippen LogP contribution in [0.25, 0.3) is 0 Å². The minimum absolute atomic E-state index is 0.0169. The van der Waals surface area contributed by atoms with Gasteiger partial charge in [-0.2, -0.15) is 4.98 Å². The molecule has 0 saturated carbocycles. The van der Waals surface area contributed by atoms with Crippen LogP contribution in [0.3, 0.4) is 0 Å². The van der Waals surface area contributed by atoms with Gasteiger partial charge in [0.05, 0.1) is 26.0 Å². The molecule has 2 aromatic carbocycles. The molecule has 1 aromatic heterocycles. The Morgan fingerprint density at radius 2 is 1.73 bits per heavy atom. The molecule has 3 aromatic rings. The maximum Gasteiger partial charge on any atom is 0.351 e. The van der Waals surface area contributed by atoms with E-state index in [0.717, 1.165) is 28.8 Å². The lowest BCUT2D eigenvalue weighted by Gasteiger charge is -2.32. The molecule has 0 amide bonds. The van der Waals surface area contributed by atoms with Gasteiger partial charge in [0, 0.05) is 6.92 Å². The second-order valence-electron chi connectivity index (χ2n) is 8.64. The quantitative estimate of drug-likeness (QED) is 0.410. The fraction of sp³-hybridized carbons (Fsp3) is 0.346. The van der Waals surface area contributed by atoms with E-state index in [1.54, 1.807) is 12.1 Å². The predicted octanol–water partition coefficient (Wildman–Crippen LogP) is 2.94. The van der Waals surface area contributed by atoms with Crippen LogP contribution in [0.2, 0.25) is 0 Å². The number of rotatable bonds is 10. The number of aromatic nitrogens is 2. The van der Waals surface area contributed by atoms with Crippen molar-refractivity contribution < 1.29 is 32.5 Å². The first kappa shape index (κ1) is 26.4. The summed E-state index contributed by atoms with van der Waals surface area (Å²) in [6.07, 6.45) is -3.25. The van der Waals surface area contributed by atoms with Crippen molar-refractivity contribution in [3.8, 4) is 0 Å². The number of nitrogens with zero attached hydrogens (tertiary/aromatic N) is 2. The first-order valence-corrected chi connectivity index (χ1v) is 11.6. The molecular formula is C26H27F2N3O6. The fourth-order valence-corrected chi connectivity index (χ4v) is 4.18. The van der Waals surface area contributed by atoms with E-state index in [1.807, 2.05) is 48.5 Å². The van der Waals surface area contributed by atoms with Crippen molar-refractivity contribution >= 4 is 11.8 Å². The molecule has 0 spiro atoms. The zero-order valence-electron chi connectivity index (χ0n) is 20.1. The molecule has 1 saturated heterocycles. The van der Waals surface area contributed by atoms with E-state index in [9.17, 15) is 18.4 Å². The van der Waals surface area contributed by atoms with Crippen molar-refractivity contribution in [2.24, 2.45) is 0 Å². The van der Waals surface area contributed by atoms with E-state index < -0.39 is 54.0 Å². The minimum Gasteiger partial charge on any atom is -0.455 e. The lowest BCUT2D eigenvalue weighted by Crippen LogP contribution is -2.51. The highest BCUT2D eigenvalue weighted by Gasteiger charge is 2.59. The number of benzene rings is 2. The van der Waals surface area contributed by atoms with Gasteiger partial charge in [0.15, 0.2) is 29.6 Å². The van der Waals surface area contributed by atoms with Crippen molar-refractivity contribution in [2.75, 3.05) is 19.0 Å². The molecule has 196 valence electrons. The van der Waals surface area contributed by atoms with Crippen LogP contribution >= 0.6 is 0 Å². The predicted molar refractivity (Wildman–Crippen MR) is 128 cm³/mol. The Bertz CT molecular complexity index is 1260. The number of anilines is 1. The Labute approximate surface area is 211 Å². The molecule has 0 radical (unpaired) electrons. The molecule has 4 rings (SSSR count). The Morgan fingerprint density at radius 3 is 2.32 bits per heavy atom. The number of hydrogen-bond acceptors (Lipinski definition) is 8. The largest absolute Gasteiger partial charge is 0.455 e. The molecule has 4 atom stereocenters. The normalized spacial score (nSPS) is 23.2. The van der Waals surface area contributed by atoms with E-state index >= 15 is 0 Å². The van der Waals surface area contributed by atoms with Gasteiger partial charge < -0.3 is 24.7 Å². The van der Waals surface area contributed by atoms with Gasteiger partial charge in [-0.25, -0.2) is 13.6 Å². The smallest absolute Gasteiger partial charge is 0.351 e. The Morgan fingerprint density at radius 1 is 1.11 bits per heavy atom. The van der Waals surface area contributed by atoms with Gasteiger partial charge in [0.1, 0.15) is 12.8 Å². The molecule has 1 aliphatic heterocycles.